The average molecular weight is 321 g/mol. The molecule has 124 valence electrons. The van der Waals surface area contributed by atoms with Crippen molar-refractivity contribution in [1.82, 2.24) is 4.90 Å². The van der Waals surface area contributed by atoms with Crippen molar-refractivity contribution in [2.45, 2.75) is 6.92 Å². The van der Waals surface area contributed by atoms with Crippen LogP contribution in [-0.2, 0) is 4.74 Å². The Bertz CT molecular complexity index is 652. The number of terminal acetylenes is 1. The lowest BCUT2D eigenvalue weighted by atomic mass is 10.00. The molecule has 0 radical (unpaired) electrons. The smallest absolute Gasteiger partial charge is 0.109 e. The predicted molar refractivity (Wildman–Crippen MR) is 98.4 cm³/mol. The van der Waals surface area contributed by atoms with E-state index >= 15 is 0 Å². The Morgan fingerprint density at radius 3 is 2.62 bits per heavy atom. The van der Waals surface area contributed by atoms with Gasteiger partial charge in [-0.2, -0.15) is 5.26 Å². The van der Waals surface area contributed by atoms with E-state index < -0.39 is 0 Å². The maximum atomic E-state index is 9.17. The summed E-state index contributed by atoms with van der Waals surface area (Å²) in [5.41, 5.74) is 3.14. The Hall–Kier alpha value is -2.53. The summed E-state index contributed by atoms with van der Waals surface area (Å²) in [4.78, 5) is 2.39. The van der Waals surface area contributed by atoms with Crippen molar-refractivity contribution in [3.8, 4) is 18.4 Å². The third-order valence-electron chi connectivity index (χ3n) is 3.92. The van der Waals surface area contributed by atoms with Crippen LogP contribution in [0.3, 0.4) is 0 Å². The van der Waals surface area contributed by atoms with E-state index in [1.807, 2.05) is 43.3 Å². The fourth-order valence-electron chi connectivity index (χ4n) is 2.61. The molecule has 0 amide bonds. The third-order valence-corrected chi connectivity index (χ3v) is 3.92. The zero-order chi connectivity index (χ0) is 17.2. The number of nitriles is 1. The van der Waals surface area contributed by atoms with E-state index in [2.05, 4.69) is 22.2 Å². The molecule has 0 aromatic heterocycles. The summed E-state index contributed by atoms with van der Waals surface area (Å²) in [5, 5.41) is 12.6. The van der Waals surface area contributed by atoms with Crippen LogP contribution in [0.5, 0.6) is 0 Å². The zero-order valence-corrected chi connectivity index (χ0v) is 14.1. The quantitative estimate of drug-likeness (QED) is 0.497. The van der Waals surface area contributed by atoms with Crippen molar-refractivity contribution >= 4 is 11.3 Å². The van der Waals surface area contributed by atoms with Gasteiger partial charge in [0, 0.05) is 37.4 Å². The summed E-state index contributed by atoms with van der Waals surface area (Å²) in [6, 6.07) is 10.1. The van der Waals surface area contributed by atoms with E-state index in [0.717, 1.165) is 56.2 Å². The summed E-state index contributed by atoms with van der Waals surface area (Å²) < 4.78 is 5.35. The van der Waals surface area contributed by atoms with Crippen LogP contribution in [0, 0.1) is 23.7 Å². The van der Waals surface area contributed by atoms with Crippen LogP contribution in [0.4, 0.5) is 5.69 Å². The van der Waals surface area contributed by atoms with E-state index in [0.29, 0.717) is 5.57 Å². The molecule has 0 saturated carbocycles. The second-order valence-electron chi connectivity index (χ2n) is 5.50. The van der Waals surface area contributed by atoms with Gasteiger partial charge in [0.2, 0.25) is 0 Å². The molecule has 1 saturated heterocycles. The Labute approximate surface area is 144 Å². The summed E-state index contributed by atoms with van der Waals surface area (Å²) in [6.07, 6.45) is 9.19. The van der Waals surface area contributed by atoms with Crippen molar-refractivity contribution in [1.29, 1.82) is 5.26 Å². The van der Waals surface area contributed by atoms with Gasteiger partial charge >= 0.3 is 0 Å². The molecule has 0 unspecified atom stereocenters. The van der Waals surface area contributed by atoms with Gasteiger partial charge in [-0.25, -0.2) is 0 Å². The average Bonchev–Trinajstić information content (AvgIpc) is 2.63. The molecule has 24 heavy (non-hydrogen) atoms. The number of nitrogens with one attached hydrogen (secondary N) is 1. The van der Waals surface area contributed by atoms with Crippen LogP contribution in [0.25, 0.3) is 5.57 Å². The second-order valence-corrected chi connectivity index (χ2v) is 5.50. The summed E-state index contributed by atoms with van der Waals surface area (Å²) >= 11 is 0. The van der Waals surface area contributed by atoms with Crippen LogP contribution >= 0.6 is 0 Å². The molecule has 0 bridgehead atoms. The van der Waals surface area contributed by atoms with Gasteiger partial charge in [-0.3, -0.25) is 4.90 Å². The second kappa shape index (κ2) is 9.57. The number of benzene rings is 1. The standard InChI is InChI=1S/C20H23N3O/c1-3-5-20(17(4-2)16-21)18-6-8-19(9-7-18)22-10-11-23-12-14-24-15-13-23/h2-3,5-9,22H,10-15H2,1H3/b5-3-,20-17-. The molecule has 1 aliphatic rings. The molecular weight excluding hydrogens is 298 g/mol. The summed E-state index contributed by atoms with van der Waals surface area (Å²) in [7, 11) is 0. The number of hydrogen-bond donors (Lipinski definition) is 1. The van der Waals surface area contributed by atoms with Crippen molar-refractivity contribution in [3.05, 3.63) is 47.6 Å². The first kappa shape index (κ1) is 17.8. The molecule has 4 heteroatoms. The van der Waals surface area contributed by atoms with Gasteiger partial charge in [0.15, 0.2) is 0 Å². The SMILES string of the molecule is C#C/C(C#N)=C(\C=C/C)c1ccc(NCCN2CCOCC2)cc1. The molecule has 0 aliphatic carbocycles. The molecule has 0 spiro atoms. The normalized spacial score (nSPS) is 16.3. The molecular formula is C20H23N3O. The van der Waals surface area contributed by atoms with Crippen LogP contribution < -0.4 is 5.32 Å². The lowest BCUT2D eigenvalue weighted by Gasteiger charge is -2.26. The van der Waals surface area contributed by atoms with E-state index in [1.165, 1.54) is 0 Å². The van der Waals surface area contributed by atoms with E-state index in [4.69, 9.17) is 16.4 Å². The molecule has 2 rings (SSSR count). The number of ether oxygens (including phenoxy) is 1. The lowest BCUT2D eigenvalue weighted by Crippen LogP contribution is -2.38. The van der Waals surface area contributed by atoms with Gasteiger partial charge in [0.25, 0.3) is 0 Å². The highest BCUT2D eigenvalue weighted by molar-refractivity contribution is 5.82. The number of hydrogen-bond acceptors (Lipinski definition) is 4. The Balaban J connectivity index is 1.98. The van der Waals surface area contributed by atoms with Crippen LogP contribution in [0.2, 0.25) is 0 Å². The van der Waals surface area contributed by atoms with E-state index in [9.17, 15) is 0 Å². The van der Waals surface area contributed by atoms with Gasteiger partial charge in [0.05, 0.1) is 13.2 Å². The monoisotopic (exact) mass is 321 g/mol. The molecule has 1 N–H and O–H groups in total. The van der Waals surface area contributed by atoms with Gasteiger partial charge in [-0.1, -0.05) is 30.2 Å². The highest BCUT2D eigenvalue weighted by Crippen LogP contribution is 2.22. The van der Waals surface area contributed by atoms with Gasteiger partial charge in [-0.15, -0.1) is 6.42 Å². The highest BCUT2D eigenvalue weighted by atomic mass is 16.5. The Morgan fingerprint density at radius 1 is 1.33 bits per heavy atom. The first-order chi connectivity index (χ1) is 11.8. The summed E-state index contributed by atoms with van der Waals surface area (Å²) in [6.45, 7) is 7.46. The molecule has 1 heterocycles. The van der Waals surface area contributed by atoms with Crippen molar-refractivity contribution < 1.29 is 4.74 Å². The van der Waals surface area contributed by atoms with Gasteiger partial charge in [0.1, 0.15) is 11.6 Å². The van der Waals surface area contributed by atoms with Crippen molar-refractivity contribution in [2.75, 3.05) is 44.7 Å². The number of allylic oxidation sites excluding steroid dienone is 4. The molecule has 1 aromatic carbocycles. The maximum Gasteiger partial charge on any atom is 0.109 e. The number of nitrogens with zero attached hydrogens (tertiary/aromatic N) is 2. The lowest BCUT2D eigenvalue weighted by molar-refractivity contribution is 0.0398. The zero-order valence-electron chi connectivity index (χ0n) is 14.1. The highest BCUT2D eigenvalue weighted by Gasteiger charge is 2.09. The Morgan fingerprint density at radius 2 is 2.04 bits per heavy atom. The first-order valence-corrected chi connectivity index (χ1v) is 8.16. The van der Waals surface area contributed by atoms with Crippen molar-refractivity contribution in [2.24, 2.45) is 0 Å². The number of anilines is 1. The maximum absolute atomic E-state index is 9.17. The molecule has 1 aromatic rings. The van der Waals surface area contributed by atoms with Gasteiger partial charge < -0.3 is 10.1 Å². The largest absolute Gasteiger partial charge is 0.384 e. The fourth-order valence-corrected chi connectivity index (χ4v) is 2.61. The minimum absolute atomic E-state index is 0.348. The topological polar surface area (TPSA) is 48.3 Å². The minimum Gasteiger partial charge on any atom is -0.384 e. The molecule has 4 nitrogen and oxygen atoms in total. The summed E-state index contributed by atoms with van der Waals surface area (Å²) in [5.74, 6) is 2.46. The predicted octanol–water partition coefficient (Wildman–Crippen LogP) is 2.92. The van der Waals surface area contributed by atoms with E-state index in [-0.39, 0.29) is 0 Å². The first-order valence-electron chi connectivity index (χ1n) is 8.16. The van der Waals surface area contributed by atoms with E-state index in [1.54, 1.807) is 0 Å². The van der Waals surface area contributed by atoms with Crippen LogP contribution in [0.1, 0.15) is 12.5 Å². The molecule has 1 aliphatic heterocycles. The van der Waals surface area contributed by atoms with Gasteiger partial charge in [-0.05, 0) is 24.6 Å². The number of rotatable bonds is 6. The fraction of sp³-hybridized carbons (Fsp3) is 0.350. The molecule has 0 atom stereocenters. The van der Waals surface area contributed by atoms with Crippen LogP contribution in [0.15, 0.2) is 42.0 Å². The minimum atomic E-state index is 0.348. The van der Waals surface area contributed by atoms with Crippen molar-refractivity contribution in [3.63, 3.8) is 0 Å². The number of morpholine rings is 1. The molecule has 1 fully saturated rings. The van der Waals surface area contributed by atoms with Crippen LogP contribution in [-0.4, -0.2) is 44.3 Å². The Kier molecular flexibility index (Phi) is 7.11. The third kappa shape index (κ3) is 4.99.